The summed E-state index contributed by atoms with van der Waals surface area (Å²) >= 11 is 0. The zero-order valence-corrected chi connectivity index (χ0v) is 10.5. The van der Waals surface area contributed by atoms with Crippen molar-refractivity contribution in [3.8, 4) is 0 Å². The van der Waals surface area contributed by atoms with Crippen molar-refractivity contribution in [1.29, 1.82) is 0 Å². The Labute approximate surface area is 96.9 Å². The molecule has 0 aromatic rings. The Morgan fingerprint density at radius 1 is 1.44 bits per heavy atom. The summed E-state index contributed by atoms with van der Waals surface area (Å²) < 4.78 is 10.7. The fourth-order valence-corrected chi connectivity index (χ4v) is 1.67. The fraction of sp³-hybridized carbons (Fsp3) is 0.909. The lowest BCUT2D eigenvalue weighted by Crippen LogP contribution is -2.36. The molecule has 1 fully saturated rings. The summed E-state index contributed by atoms with van der Waals surface area (Å²) in [5, 5.41) is 0. The average molecular weight is 230 g/mol. The number of nitrogens with zero attached hydrogens (tertiary/aromatic N) is 1. The Balaban J connectivity index is 2.48. The van der Waals surface area contributed by atoms with E-state index in [1.54, 1.807) is 4.90 Å². The van der Waals surface area contributed by atoms with Crippen LogP contribution >= 0.6 is 0 Å². The van der Waals surface area contributed by atoms with Crippen molar-refractivity contribution in [2.45, 2.75) is 45.4 Å². The van der Waals surface area contributed by atoms with Crippen molar-refractivity contribution in [1.82, 2.24) is 4.90 Å². The summed E-state index contributed by atoms with van der Waals surface area (Å²) in [5.41, 5.74) is 5.42. The van der Waals surface area contributed by atoms with Crippen LogP contribution in [-0.2, 0) is 9.47 Å². The van der Waals surface area contributed by atoms with Crippen LogP contribution < -0.4 is 5.73 Å². The molecule has 5 heteroatoms. The van der Waals surface area contributed by atoms with E-state index in [4.69, 9.17) is 15.2 Å². The number of hydrogen-bond acceptors (Lipinski definition) is 4. The number of carbonyl (C=O) groups is 1. The second-order valence-corrected chi connectivity index (χ2v) is 5.04. The lowest BCUT2D eigenvalue weighted by atomic mass is 10.2. The van der Waals surface area contributed by atoms with E-state index in [0.29, 0.717) is 19.7 Å². The van der Waals surface area contributed by atoms with Crippen molar-refractivity contribution in [3.63, 3.8) is 0 Å². The Morgan fingerprint density at radius 3 is 2.56 bits per heavy atom. The lowest BCUT2D eigenvalue weighted by Gasteiger charge is -2.24. The molecule has 1 aliphatic rings. The maximum atomic E-state index is 11.7. The predicted octanol–water partition coefficient (Wildman–Crippen LogP) is 0.970. The van der Waals surface area contributed by atoms with Crippen LogP contribution in [0.1, 0.15) is 27.7 Å². The van der Waals surface area contributed by atoms with E-state index < -0.39 is 5.60 Å². The van der Waals surface area contributed by atoms with Crippen LogP contribution in [0.5, 0.6) is 0 Å². The predicted molar refractivity (Wildman–Crippen MR) is 61.2 cm³/mol. The zero-order chi connectivity index (χ0) is 12.3. The van der Waals surface area contributed by atoms with E-state index in [2.05, 4.69) is 0 Å². The molecule has 5 nitrogen and oxygen atoms in total. The van der Waals surface area contributed by atoms with Gasteiger partial charge in [-0.15, -0.1) is 0 Å². The largest absolute Gasteiger partial charge is 0.444 e. The van der Waals surface area contributed by atoms with E-state index in [1.807, 2.05) is 27.7 Å². The van der Waals surface area contributed by atoms with Crippen LogP contribution in [0.2, 0.25) is 0 Å². The quantitative estimate of drug-likeness (QED) is 0.767. The van der Waals surface area contributed by atoms with Gasteiger partial charge in [-0.05, 0) is 27.7 Å². The van der Waals surface area contributed by atoms with E-state index >= 15 is 0 Å². The van der Waals surface area contributed by atoms with Crippen LogP contribution in [0, 0.1) is 0 Å². The molecule has 16 heavy (non-hydrogen) atoms. The highest BCUT2D eigenvalue weighted by Gasteiger charge is 2.35. The number of rotatable bonds is 2. The molecule has 0 aliphatic carbocycles. The molecule has 2 atom stereocenters. The molecule has 0 bridgehead atoms. The number of carbonyl (C=O) groups excluding carboxylic acids is 1. The first-order valence-electron chi connectivity index (χ1n) is 5.68. The van der Waals surface area contributed by atoms with Gasteiger partial charge in [-0.1, -0.05) is 0 Å². The molecule has 1 rings (SSSR count). The molecule has 1 heterocycles. The van der Waals surface area contributed by atoms with E-state index in [0.717, 1.165) is 0 Å². The SMILES string of the molecule is CCOC1CN(C(=O)OC(C)(C)C)CC1N. The second kappa shape index (κ2) is 5.01. The minimum absolute atomic E-state index is 0.0717. The van der Waals surface area contributed by atoms with Gasteiger partial charge in [-0.2, -0.15) is 0 Å². The monoisotopic (exact) mass is 230 g/mol. The van der Waals surface area contributed by atoms with Gasteiger partial charge in [0.2, 0.25) is 0 Å². The molecule has 1 aliphatic heterocycles. The molecule has 0 aromatic carbocycles. The van der Waals surface area contributed by atoms with Crippen molar-refractivity contribution in [3.05, 3.63) is 0 Å². The number of likely N-dealkylation sites (tertiary alicyclic amines) is 1. The molecular formula is C11H22N2O3. The Morgan fingerprint density at radius 2 is 2.06 bits per heavy atom. The van der Waals surface area contributed by atoms with Crippen LogP contribution in [0.25, 0.3) is 0 Å². The van der Waals surface area contributed by atoms with Crippen molar-refractivity contribution in [2.24, 2.45) is 5.73 Å². The number of amides is 1. The van der Waals surface area contributed by atoms with Crippen LogP contribution in [0.4, 0.5) is 4.79 Å². The molecule has 0 saturated carbocycles. The maximum absolute atomic E-state index is 11.7. The number of hydrogen-bond donors (Lipinski definition) is 1. The van der Waals surface area contributed by atoms with E-state index in [-0.39, 0.29) is 18.2 Å². The van der Waals surface area contributed by atoms with Crippen molar-refractivity contribution in [2.75, 3.05) is 19.7 Å². The lowest BCUT2D eigenvalue weighted by molar-refractivity contribution is 0.0220. The van der Waals surface area contributed by atoms with Crippen LogP contribution in [0.3, 0.4) is 0 Å². The smallest absolute Gasteiger partial charge is 0.410 e. The summed E-state index contributed by atoms with van der Waals surface area (Å²) in [4.78, 5) is 13.4. The standard InChI is InChI=1S/C11H22N2O3/c1-5-15-9-7-13(6-8(9)12)10(14)16-11(2,3)4/h8-9H,5-7,12H2,1-4H3. The van der Waals surface area contributed by atoms with Gasteiger partial charge in [0, 0.05) is 13.2 Å². The van der Waals surface area contributed by atoms with Gasteiger partial charge in [-0.25, -0.2) is 4.79 Å². The Bertz CT molecular complexity index is 250. The number of ether oxygens (including phenoxy) is 2. The van der Waals surface area contributed by atoms with Gasteiger partial charge in [0.25, 0.3) is 0 Å². The summed E-state index contributed by atoms with van der Waals surface area (Å²) in [7, 11) is 0. The minimum Gasteiger partial charge on any atom is -0.444 e. The molecule has 0 aromatic heterocycles. The maximum Gasteiger partial charge on any atom is 0.410 e. The second-order valence-electron chi connectivity index (χ2n) is 5.04. The molecule has 1 saturated heterocycles. The molecule has 2 unspecified atom stereocenters. The van der Waals surface area contributed by atoms with Crippen LogP contribution in [-0.4, -0.2) is 48.4 Å². The van der Waals surface area contributed by atoms with E-state index in [1.165, 1.54) is 0 Å². The molecule has 0 radical (unpaired) electrons. The van der Waals surface area contributed by atoms with Crippen molar-refractivity contribution < 1.29 is 14.3 Å². The zero-order valence-electron chi connectivity index (χ0n) is 10.5. The first-order chi connectivity index (χ1) is 7.33. The third-order valence-electron chi connectivity index (χ3n) is 2.34. The highest BCUT2D eigenvalue weighted by Crippen LogP contribution is 2.16. The first kappa shape index (κ1) is 13.3. The third-order valence-corrected chi connectivity index (χ3v) is 2.34. The summed E-state index contributed by atoms with van der Waals surface area (Å²) in [6, 6.07) is -0.118. The average Bonchev–Trinajstić information content (AvgIpc) is 2.46. The van der Waals surface area contributed by atoms with Gasteiger partial charge in [0.05, 0.1) is 18.7 Å². The highest BCUT2D eigenvalue weighted by molar-refractivity contribution is 5.68. The van der Waals surface area contributed by atoms with E-state index in [9.17, 15) is 4.79 Å². The molecule has 94 valence electrons. The third kappa shape index (κ3) is 3.64. The van der Waals surface area contributed by atoms with Gasteiger partial charge in [0.1, 0.15) is 5.60 Å². The normalized spacial score (nSPS) is 25.9. The van der Waals surface area contributed by atoms with Gasteiger partial charge in [0.15, 0.2) is 0 Å². The fourth-order valence-electron chi connectivity index (χ4n) is 1.67. The topological polar surface area (TPSA) is 64.8 Å². The van der Waals surface area contributed by atoms with Crippen LogP contribution in [0.15, 0.2) is 0 Å². The van der Waals surface area contributed by atoms with Gasteiger partial charge in [-0.3, -0.25) is 0 Å². The first-order valence-corrected chi connectivity index (χ1v) is 5.68. The molecule has 0 spiro atoms. The summed E-state index contributed by atoms with van der Waals surface area (Å²) in [5.74, 6) is 0. The van der Waals surface area contributed by atoms with Gasteiger partial charge < -0.3 is 20.1 Å². The summed E-state index contributed by atoms with van der Waals surface area (Å²) in [6.07, 6.45) is -0.386. The minimum atomic E-state index is -0.467. The molecule has 1 amide bonds. The number of nitrogens with two attached hydrogens (primary N) is 1. The Hall–Kier alpha value is -0.810. The summed E-state index contributed by atoms with van der Waals surface area (Å²) in [6.45, 7) is 9.09. The van der Waals surface area contributed by atoms with Crippen molar-refractivity contribution >= 4 is 6.09 Å². The molecular weight excluding hydrogens is 208 g/mol. The molecule has 2 N–H and O–H groups in total. The highest BCUT2D eigenvalue weighted by atomic mass is 16.6. The van der Waals surface area contributed by atoms with Gasteiger partial charge >= 0.3 is 6.09 Å². The Kier molecular flexibility index (Phi) is 4.15.